The number of ether oxygens (including phenoxy) is 1. The Bertz CT molecular complexity index is 450. The molecule has 1 fully saturated rings. The third-order valence-electron chi connectivity index (χ3n) is 3.31. The Morgan fingerprint density at radius 1 is 1.50 bits per heavy atom. The number of benzene rings is 1. The highest BCUT2D eigenvalue weighted by Gasteiger charge is 2.27. The van der Waals surface area contributed by atoms with Crippen LogP contribution in [0.2, 0.25) is 0 Å². The van der Waals surface area contributed by atoms with E-state index < -0.39 is 5.97 Å². The lowest BCUT2D eigenvalue weighted by molar-refractivity contribution is 0.0697. The van der Waals surface area contributed by atoms with E-state index in [2.05, 4.69) is 21.2 Å². The fraction of sp³-hybridized carbons (Fsp3) is 0.462. The van der Waals surface area contributed by atoms with Crippen LogP contribution in [0.25, 0.3) is 0 Å². The van der Waals surface area contributed by atoms with Gasteiger partial charge in [-0.1, -0.05) is 0 Å². The average Bonchev–Trinajstić information content (AvgIpc) is 2.78. The van der Waals surface area contributed by atoms with Crippen molar-refractivity contribution in [1.82, 2.24) is 0 Å². The van der Waals surface area contributed by atoms with Crippen LogP contribution < -0.4 is 5.32 Å². The lowest BCUT2D eigenvalue weighted by atomic mass is 10.1. The number of carboxylic acid groups (broad SMARTS) is 1. The number of hydrogen-bond acceptors (Lipinski definition) is 3. The van der Waals surface area contributed by atoms with Crippen molar-refractivity contribution in [3.8, 4) is 0 Å². The second-order valence-electron chi connectivity index (χ2n) is 4.46. The minimum Gasteiger partial charge on any atom is -0.478 e. The topological polar surface area (TPSA) is 58.6 Å². The quantitative estimate of drug-likeness (QED) is 0.896. The highest BCUT2D eigenvalue weighted by Crippen LogP contribution is 2.29. The minimum atomic E-state index is -0.919. The zero-order chi connectivity index (χ0) is 13.1. The van der Waals surface area contributed by atoms with Gasteiger partial charge < -0.3 is 15.2 Å². The standard InChI is InChI=1S/C13H16BrNO3/c1-18-12-4-2-3-11(12)15-10-6-5-8(13(16)17)7-9(10)14/h5-7,11-12,15H,2-4H2,1H3,(H,16,17). The molecule has 0 spiro atoms. The summed E-state index contributed by atoms with van der Waals surface area (Å²) in [6, 6.07) is 5.30. The van der Waals surface area contributed by atoms with Gasteiger partial charge in [0.05, 0.1) is 17.7 Å². The Balaban J connectivity index is 2.12. The molecule has 18 heavy (non-hydrogen) atoms. The summed E-state index contributed by atoms with van der Waals surface area (Å²) >= 11 is 3.40. The van der Waals surface area contributed by atoms with Crippen LogP contribution in [0, 0.1) is 0 Å². The number of rotatable bonds is 4. The molecule has 0 radical (unpaired) electrons. The third-order valence-corrected chi connectivity index (χ3v) is 3.97. The monoisotopic (exact) mass is 313 g/mol. The van der Waals surface area contributed by atoms with Crippen molar-refractivity contribution in [3.63, 3.8) is 0 Å². The first kappa shape index (κ1) is 13.4. The molecule has 1 saturated carbocycles. The molecular weight excluding hydrogens is 298 g/mol. The van der Waals surface area contributed by atoms with E-state index in [9.17, 15) is 4.79 Å². The van der Waals surface area contributed by atoms with E-state index in [1.54, 1.807) is 25.3 Å². The molecular formula is C13H16BrNO3. The lowest BCUT2D eigenvalue weighted by Crippen LogP contribution is -2.29. The summed E-state index contributed by atoms with van der Waals surface area (Å²) in [6.07, 6.45) is 3.53. The van der Waals surface area contributed by atoms with Gasteiger partial charge in [0.2, 0.25) is 0 Å². The highest BCUT2D eigenvalue weighted by atomic mass is 79.9. The Labute approximate surface area is 114 Å². The molecule has 0 aliphatic heterocycles. The van der Waals surface area contributed by atoms with Gasteiger partial charge in [-0.3, -0.25) is 0 Å². The van der Waals surface area contributed by atoms with Gasteiger partial charge in [-0.2, -0.15) is 0 Å². The summed E-state index contributed by atoms with van der Waals surface area (Å²) in [5.41, 5.74) is 1.19. The summed E-state index contributed by atoms with van der Waals surface area (Å²) in [7, 11) is 1.73. The molecule has 2 unspecified atom stereocenters. The first-order chi connectivity index (χ1) is 8.61. The van der Waals surface area contributed by atoms with Crippen LogP contribution in [0.1, 0.15) is 29.6 Å². The smallest absolute Gasteiger partial charge is 0.335 e. The third kappa shape index (κ3) is 2.84. The maximum Gasteiger partial charge on any atom is 0.335 e. The van der Waals surface area contributed by atoms with E-state index in [-0.39, 0.29) is 11.7 Å². The van der Waals surface area contributed by atoms with Gasteiger partial charge in [0.25, 0.3) is 0 Å². The largest absolute Gasteiger partial charge is 0.478 e. The zero-order valence-electron chi connectivity index (χ0n) is 10.1. The van der Waals surface area contributed by atoms with E-state index in [0.29, 0.717) is 6.04 Å². The Morgan fingerprint density at radius 3 is 2.89 bits per heavy atom. The van der Waals surface area contributed by atoms with Gasteiger partial charge in [0, 0.05) is 17.3 Å². The normalized spacial score (nSPS) is 23.0. The molecule has 2 atom stereocenters. The molecule has 5 heteroatoms. The molecule has 0 aromatic heterocycles. The fourth-order valence-corrected chi connectivity index (χ4v) is 2.83. The molecule has 1 aliphatic rings. The Hall–Kier alpha value is -1.07. The van der Waals surface area contributed by atoms with Crippen molar-refractivity contribution in [3.05, 3.63) is 28.2 Å². The number of carbonyl (C=O) groups is 1. The molecule has 0 saturated heterocycles. The molecule has 98 valence electrons. The van der Waals surface area contributed by atoms with E-state index in [4.69, 9.17) is 9.84 Å². The number of methoxy groups -OCH3 is 1. The van der Waals surface area contributed by atoms with Crippen molar-refractivity contribution in [1.29, 1.82) is 0 Å². The Morgan fingerprint density at radius 2 is 2.28 bits per heavy atom. The van der Waals surface area contributed by atoms with Gasteiger partial charge in [-0.05, 0) is 53.4 Å². The van der Waals surface area contributed by atoms with Crippen LogP contribution in [0.5, 0.6) is 0 Å². The first-order valence-electron chi connectivity index (χ1n) is 5.94. The summed E-state index contributed by atoms with van der Waals surface area (Å²) in [5, 5.41) is 12.3. The predicted octanol–water partition coefficient (Wildman–Crippen LogP) is 3.13. The van der Waals surface area contributed by atoms with Crippen LogP contribution in [0.4, 0.5) is 5.69 Å². The minimum absolute atomic E-state index is 0.232. The van der Waals surface area contributed by atoms with Gasteiger partial charge in [-0.25, -0.2) is 4.79 Å². The molecule has 2 N–H and O–H groups in total. The molecule has 1 aromatic rings. The van der Waals surface area contributed by atoms with E-state index >= 15 is 0 Å². The van der Waals surface area contributed by atoms with Crippen LogP contribution >= 0.6 is 15.9 Å². The van der Waals surface area contributed by atoms with E-state index in [1.807, 2.05) is 0 Å². The van der Waals surface area contributed by atoms with Crippen LogP contribution in [0.3, 0.4) is 0 Å². The van der Waals surface area contributed by atoms with Crippen LogP contribution in [0.15, 0.2) is 22.7 Å². The van der Waals surface area contributed by atoms with Crippen molar-refractivity contribution < 1.29 is 14.6 Å². The molecule has 4 nitrogen and oxygen atoms in total. The second kappa shape index (κ2) is 5.71. The first-order valence-corrected chi connectivity index (χ1v) is 6.73. The zero-order valence-corrected chi connectivity index (χ0v) is 11.7. The maximum absolute atomic E-state index is 10.8. The number of nitrogens with one attached hydrogen (secondary N) is 1. The fourth-order valence-electron chi connectivity index (χ4n) is 2.34. The Kier molecular flexibility index (Phi) is 4.24. The molecule has 2 rings (SSSR count). The van der Waals surface area contributed by atoms with Crippen molar-refractivity contribution in [2.45, 2.75) is 31.4 Å². The van der Waals surface area contributed by atoms with Gasteiger partial charge in [0.1, 0.15) is 0 Å². The SMILES string of the molecule is COC1CCCC1Nc1ccc(C(=O)O)cc1Br. The highest BCUT2D eigenvalue weighted by molar-refractivity contribution is 9.10. The second-order valence-corrected chi connectivity index (χ2v) is 5.31. The number of hydrogen-bond donors (Lipinski definition) is 2. The van der Waals surface area contributed by atoms with Gasteiger partial charge in [-0.15, -0.1) is 0 Å². The molecule has 1 aliphatic carbocycles. The van der Waals surface area contributed by atoms with Crippen molar-refractivity contribution in [2.24, 2.45) is 0 Å². The summed E-state index contributed by atoms with van der Waals surface area (Å²) in [6.45, 7) is 0. The van der Waals surface area contributed by atoms with Crippen LogP contribution in [-0.4, -0.2) is 30.3 Å². The number of halogens is 1. The lowest BCUT2D eigenvalue weighted by Gasteiger charge is -2.21. The summed E-state index contributed by atoms with van der Waals surface area (Å²) in [5.74, 6) is -0.919. The summed E-state index contributed by atoms with van der Waals surface area (Å²) in [4.78, 5) is 10.8. The summed E-state index contributed by atoms with van der Waals surface area (Å²) < 4.78 is 6.19. The number of aromatic carboxylic acids is 1. The number of carboxylic acids is 1. The molecule has 0 heterocycles. The van der Waals surface area contributed by atoms with Crippen molar-refractivity contribution in [2.75, 3.05) is 12.4 Å². The van der Waals surface area contributed by atoms with Gasteiger partial charge in [0.15, 0.2) is 0 Å². The van der Waals surface area contributed by atoms with Crippen molar-refractivity contribution >= 4 is 27.6 Å². The van der Waals surface area contributed by atoms with E-state index in [1.165, 1.54) is 0 Å². The maximum atomic E-state index is 10.8. The van der Waals surface area contributed by atoms with Gasteiger partial charge >= 0.3 is 5.97 Å². The molecule has 0 bridgehead atoms. The molecule has 0 amide bonds. The number of anilines is 1. The predicted molar refractivity (Wildman–Crippen MR) is 73.2 cm³/mol. The van der Waals surface area contributed by atoms with Crippen LogP contribution in [-0.2, 0) is 4.74 Å². The average molecular weight is 314 g/mol. The van der Waals surface area contributed by atoms with E-state index in [0.717, 1.165) is 29.4 Å². The molecule has 1 aromatic carbocycles.